The van der Waals surface area contributed by atoms with Gasteiger partial charge in [-0.25, -0.2) is 4.79 Å². The Morgan fingerprint density at radius 3 is 3.13 bits per heavy atom. The van der Waals surface area contributed by atoms with Crippen LogP contribution < -0.4 is 4.74 Å². The minimum absolute atomic E-state index is 0.302. The average molecular weight is 271 g/mol. The van der Waals surface area contributed by atoms with E-state index >= 15 is 0 Å². The van der Waals surface area contributed by atoms with E-state index < -0.39 is 6.10 Å². The summed E-state index contributed by atoms with van der Waals surface area (Å²) in [6.07, 6.45) is 1.06. The number of aryl methyl sites for hydroxylation is 1. The number of rotatable bonds is 1. The van der Waals surface area contributed by atoms with Crippen molar-refractivity contribution in [2.75, 3.05) is 7.11 Å². The molecule has 0 spiro atoms. The van der Waals surface area contributed by atoms with Gasteiger partial charge in [0.25, 0.3) is 0 Å². The number of ether oxygens (including phenoxy) is 2. The highest BCUT2D eigenvalue weighted by atomic mass is 79.9. The van der Waals surface area contributed by atoms with Crippen LogP contribution >= 0.6 is 15.9 Å². The molecule has 15 heavy (non-hydrogen) atoms. The van der Waals surface area contributed by atoms with Crippen LogP contribution in [0.25, 0.3) is 0 Å². The molecule has 0 aliphatic carbocycles. The fourth-order valence-corrected chi connectivity index (χ4v) is 2.06. The van der Waals surface area contributed by atoms with Crippen molar-refractivity contribution in [1.29, 1.82) is 0 Å². The van der Waals surface area contributed by atoms with Crippen LogP contribution in [-0.2, 0) is 16.0 Å². The number of esters is 1. The number of methoxy groups -OCH3 is 1. The summed E-state index contributed by atoms with van der Waals surface area (Å²) >= 11 is 3.40. The summed E-state index contributed by atoms with van der Waals surface area (Å²) in [6, 6.07) is 5.79. The largest absolute Gasteiger partial charge is 0.478 e. The van der Waals surface area contributed by atoms with E-state index in [1.165, 1.54) is 7.11 Å². The third-order valence-corrected chi connectivity index (χ3v) is 2.92. The first kappa shape index (κ1) is 10.5. The Morgan fingerprint density at radius 1 is 1.60 bits per heavy atom. The topological polar surface area (TPSA) is 35.5 Å². The minimum Gasteiger partial charge on any atom is -0.478 e. The monoisotopic (exact) mass is 270 g/mol. The molecular weight excluding hydrogens is 260 g/mol. The fraction of sp³-hybridized carbons (Fsp3) is 0.364. The van der Waals surface area contributed by atoms with Crippen molar-refractivity contribution in [3.63, 3.8) is 0 Å². The molecule has 0 saturated heterocycles. The van der Waals surface area contributed by atoms with Crippen LogP contribution in [0, 0.1) is 0 Å². The Bertz CT molecular complexity index is 389. The first-order valence-electron chi connectivity index (χ1n) is 4.73. The van der Waals surface area contributed by atoms with E-state index in [2.05, 4.69) is 20.7 Å². The Kier molecular flexibility index (Phi) is 2.95. The summed E-state index contributed by atoms with van der Waals surface area (Å²) < 4.78 is 11.2. The predicted octanol–water partition coefficient (Wildman–Crippen LogP) is 2.32. The molecule has 4 heteroatoms. The van der Waals surface area contributed by atoms with Gasteiger partial charge in [0, 0.05) is 4.47 Å². The number of carbonyl (C=O) groups excluding carboxylic acids is 1. The van der Waals surface area contributed by atoms with Gasteiger partial charge in [-0.3, -0.25) is 0 Å². The van der Waals surface area contributed by atoms with Crippen LogP contribution in [0.2, 0.25) is 0 Å². The van der Waals surface area contributed by atoms with E-state index in [1.54, 1.807) is 0 Å². The molecule has 1 aliphatic heterocycles. The second kappa shape index (κ2) is 4.23. The lowest BCUT2D eigenvalue weighted by Crippen LogP contribution is -2.32. The van der Waals surface area contributed by atoms with Gasteiger partial charge in [0.05, 0.1) is 7.11 Å². The quantitative estimate of drug-likeness (QED) is 0.735. The molecule has 1 aromatic rings. The standard InChI is InChI=1S/C11H11BrO3/c1-14-11(13)10-4-2-7-6-8(12)3-5-9(7)15-10/h3,5-6,10H,2,4H2,1H3. The lowest BCUT2D eigenvalue weighted by atomic mass is 10.0. The highest BCUT2D eigenvalue weighted by Gasteiger charge is 2.26. The Hall–Kier alpha value is -1.03. The van der Waals surface area contributed by atoms with E-state index in [-0.39, 0.29) is 5.97 Å². The van der Waals surface area contributed by atoms with Gasteiger partial charge < -0.3 is 9.47 Å². The molecule has 2 rings (SSSR count). The highest BCUT2D eigenvalue weighted by molar-refractivity contribution is 9.10. The summed E-state index contributed by atoms with van der Waals surface area (Å²) in [5, 5.41) is 0. The van der Waals surface area contributed by atoms with E-state index in [0.29, 0.717) is 6.42 Å². The van der Waals surface area contributed by atoms with Gasteiger partial charge in [0.2, 0.25) is 0 Å². The SMILES string of the molecule is COC(=O)C1CCc2cc(Br)ccc2O1. The van der Waals surface area contributed by atoms with E-state index in [0.717, 1.165) is 22.2 Å². The number of fused-ring (bicyclic) bond motifs is 1. The number of carbonyl (C=O) groups is 1. The summed E-state index contributed by atoms with van der Waals surface area (Å²) in [7, 11) is 1.38. The van der Waals surface area contributed by atoms with Crippen LogP contribution in [-0.4, -0.2) is 19.2 Å². The maximum Gasteiger partial charge on any atom is 0.347 e. The van der Waals surface area contributed by atoms with E-state index in [1.807, 2.05) is 18.2 Å². The van der Waals surface area contributed by atoms with Gasteiger partial charge in [0.15, 0.2) is 6.10 Å². The van der Waals surface area contributed by atoms with Crippen molar-refractivity contribution >= 4 is 21.9 Å². The molecule has 0 aromatic heterocycles. The molecule has 0 radical (unpaired) electrons. The van der Waals surface area contributed by atoms with Gasteiger partial charge in [-0.15, -0.1) is 0 Å². The molecular formula is C11H11BrO3. The van der Waals surface area contributed by atoms with Crippen molar-refractivity contribution in [3.05, 3.63) is 28.2 Å². The van der Waals surface area contributed by atoms with Crippen LogP contribution in [0.5, 0.6) is 5.75 Å². The molecule has 80 valence electrons. The predicted molar refractivity (Wildman–Crippen MR) is 58.9 cm³/mol. The third-order valence-electron chi connectivity index (χ3n) is 2.43. The molecule has 0 fully saturated rings. The summed E-state index contributed by atoms with van der Waals surface area (Å²) in [4.78, 5) is 11.3. The molecule has 0 saturated carbocycles. The van der Waals surface area contributed by atoms with Crippen LogP contribution in [0.1, 0.15) is 12.0 Å². The number of benzene rings is 1. The molecule has 1 unspecified atom stereocenters. The first-order valence-corrected chi connectivity index (χ1v) is 5.53. The lowest BCUT2D eigenvalue weighted by molar-refractivity contribution is -0.149. The molecule has 1 heterocycles. The van der Waals surface area contributed by atoms with E-state index in [9.17, 15) is 4.79 Å². The second-order valence-corrected chi connectivity index (χ2v) is 4.34. The van der Waals surface area contributed by atoms with Crippen LogP contribution in [0.4, 0.5) is 0 Å². The zero-order chi connectivity index (χ0) is 10.8. The molecule has 3 nitrogen and oxygen atoms in total. The summed E-state index contributed by atoms with van der Waals surface area (Å²) in [5.74, 6) is 0.475. The molecule has 0 amide bonds. The molecule has 1 atom stereocenters. The molecule has 0 bridgehead atoms. The Labute approximate surface area is 96.5 Å². The maximum atomic E-state index is 11.3. The van der Waals surface area contributed by atoms with Crippen molar-refractivity contribution < 1.29 is 14.3 Å². The Balaban J connectivity index is 2.20. The minimum atomic E-state index is -0.455. The highest BCUT2D eigenvalue weighted by Crippen LogP contribution is 2.30. The summed E-state index contributed by atoms with van der Waals surface area (Å²) in [5.41, 5.74) is 1.13. The van der Waals surface area contributed by atoms with Gasteiger partial charge >= 0.3 is 5.97 Å². The lowest BCUT2D eigenvalue weighted by Gasteiger charge is -2.24. The molecule has 0 N–H and O–H groups in total. The van der Waals surface area contributed by atoms with E-state index in [4.69, 9.17) is 4.74 Å². The smallest absolute Gasteiger partial charge is 0.347 e. The summed E-state index contributed by atoms with van der Waals surface area (Å²) in [6.45, 7) is 0. The first-order chi connectivity index (χ1) is 7.20. The maximum absolute atomic E-state index is 11.3. The van der Waals surface area contributed by atoms with Crippen molar-refractivity contribution in [2.45, 2.75) is 18.9 Å². The Morgan fingerprint density at radius 2 is 2.40 bits per heavy atom. The molecule has 1 aliphatic rings. The van der Waals surface area contributed by atoms with Gasteiger partial charge in [-0.1, -0.05) is 15.9 Å². The van der Waals surface area contributed by atoms with Gasteiger partial charge in [-0.2, -0.15) is 0 Å². The average Bonchev–Trinajstić information content (AvgIpc) is 2.27. The van der Waals surface area contributed by atoms with Crippen molar-refractivity contribution in [2.24, 2.45) is 0 Å². The zero-order valence-corrected chi connectivity index (χ0v) is 9.91. The van der Waals surface area contributed by atoms with Crippen LogP contribution in [0.15, 0.2) is 22.7 Å². The number of halogens is 1. The number of hydrogen-bond acceptors (Lipinski definition) is 3. The zero-order valence-electron chi connectivity index (χ0n) is 8.33. The van der Waals surface area contributed by atoms with Crippen molar-refractivity contribution in [1.82, 2.24) is 0 Å². The fourth-order valence-electron chi connectivity index (χ4n) is 1.65. The van der Waals surface area contributed by atoms with Crippen molar-refractivity contribution in [3.8, 4) is 5.75 Å². The normalized spacial score (nSPS) is 18.9. The second-order valence-electron chi connectivity index (χ2n) is 3.42. The van der Waals surface area contributed by atoms with Crippen LogP contribution in [0.3, 0.4) is 0 Å². The number of hydrogen-bond donors (Lipinski definition) is 0. The molecule has 1 aromatic carbocycles. The van der Waals surface area contributed by atoms with Gasteiger partial charge in [0.1, 0.15) is 5.75 Å². The third kappa shape index (κ3) is 2.15. The van der Waals surface area contributed by atoms with Gasteiger partial charge in [-0.05, 0) is 36.6 Å².